The minimum Gasteiger partial charge on any atom is -0.372 e. The number of piperidine rings is 1. The van der Waals surface area contributed by atoms with Crippen LogP contribution in [0.4, 0.5) is 10.1 Å². The molecule has 0 aliphatic carbocycles. The minimum atomic E-state index is -0.118. The molecule has 1 aliphatic heterocycles. The Morgan fingerprint density at radius 2 is 2.05 bits per heavy atom. The van der Waals surface area contributed by atoms with E-state index in [4.69, 9.17) is 0 Å². The Bertz CT molecular complexity index is 417. The van der Waals surface area contributed by atoms with E-state index in [1.54, 1.807) is 6.07 Å². The van der Waals surface area contributed by atoms with E-state index in [1.165, 1.54) is 12.8 Å². The summed E-state index contributed by atoms with van der Waals surface area (Å²) in [5.41, 5.74) is 1.69. The third kappa shape index (κ3) is 3.93. The molecule has 1 saturated heterocycles. The zero-order chi connectivity index (χ0) is 13.8. The highest BCUT2D eigenvalue weighted by molar-refractivity contribution is 9.08. The molecule has 2 nitrogen and oxygen atoms in total. The van der Waals surface area contributed by atoms with Crippen molar-refractivity contribution in [3.63, 3.8) is 0 Å². The number of alkyl halides is 1. The van der Waals surface area contributed by atoms with E-state index >= 15 is 0 Å². The summed E-state index contributed by atoms with van der Waals surface area (Å²) in [6.07, 6.45) is 2.42. The minimum absolute atomic E-state index is 0.118. The number of halogens is 2. The highest BCUT2D eigenvalue weighted by Crippen LogP contribution is 2.24. The van der Waals surface area contributed by atoms with E-state index in [0.29, 0.717) is 16.9 Å². The predicted octanol–water partition coefficient (Wildman–Crippen LogP) is 3.50. The Hall–Kier alpha value is -0.610. The van der Waals surface area contributed by atoms with Crippen LogP contribution in [-0.4, -0.2) is 38.6 Å². The van der Waals surface area contributed by atoms with Crippen LogP contribution in [0.1, 0.15) is 18.4 Å². The molecule has 0 radical (unpaired) electrons. The van der Waals surface area contributed by atoms with Crippen LogP contribution in [0, 0.1) is 11.7 Å². The fraction of sp³-hybridized carbons (Fsp3) is 0.600. The van der Waals surface area contributed by atoms with Crippen LogP contribution in [0.3, 0.4) is 0 Å². The largest absolute Gasteiger partial charge is 0.372 e. The van der Waals surface area contributed by atoms with Gasteiger partial charge in [0.2, 0.25) is 0 Å². The number of hydrogen-bond donors (Lipinski definition) is 0. The highest BCUT2D eigenvalue weighted by atomic mass is 79.9. The zero-order valence-corrected chi connectivity index (χ0v) is 13.3. The molecule has 1 aromatic carbocycles. The van der Waals surface area contributed by atoms with Gasteiger partial charge in [0, 0.05) is 18.9 Å². The molecule has 0 saturated carbocycles. The quantitative estimate of drug-likeness (QED) is 0.780. The maximum atomic E-state index is 14.0. The lowest BCUT2D eigenvalue weighted by atomic mass is 9.96. The number of likely N-dealkylation sites (tertiary alicyclic amines) is 1. The molecule has 106 valence electrons. The summed E-state index contributed by atoms with van der Waals surface area (Å²) >= 11 is 3.35. The van der Waals surface area contributed by atoms with Crippen molar-refractivity contribution in [2.24, 2.45) is 5.92 Å². The van der Waals surface area contributed by atoms with Crippen molar-refractivity contribution < 1.29 is 4.39 Å². The second kappa shape index (κ2) is 6.71. The Balaban J connectivity index is 1.97. The van der Waals surface area contributed by atoms with E-state index in [9.17, 15) is 4.39 Å². The van der Waals surface area contributed by atoms with Crippen LogP contribution in [-0.2, 0) is 5.33 Å². The third-order valence-electron chi connectivity index (χ3n) is 3.95. The first kappa shape index (κ1) is 14.8. The van der Waals surface area contributed by atoms with Crippen molar-refractivity contribution in [3.8, 4) is 0 Å². The van der Waals surface area contributed by atoms with Gasteiger partial charge in [-0.2, -0.15) is 0 Å². The smallest absolute Gasteiger partial charge is 0.146 e. The van der Waals surface area contributed by atoms with Crippen LogP contribution in [0.5, 0.6) is 0 Å². The average Bonchev–Trinajstić information content (AvgIpc) is 2.41. The topological polar surface area (TPSA) is 6.48 Å². The van der Waals surface area contributed by atoms with Gasteiger partial charge >= 0.3 is 0 Å². The van der Waals surface area contributed by atoms with Crippen molar-refractivity contribution in [1.29, 1.82) is 0 Å². The number of rotatable bonds is 4. The monoisotopic (exact) mass is 328 g/mol. The molecule has 1 fully saturated rings. The number of benzene rings is 1. The van der Waals surface area contributed by atoms with Gasteiger partial charge in [-0.3, -0.25) is 0 Å². The molecule has 1 heterocycles. The molecule has 0 bridgehead atoms. The molecule has 0 spiro atoms. The second-order valence-corrected chi connectivity index (χ2v) is 6.11. The normalized spacial score (nSPS) is 17.7. The Kier molecular flexibility index (Phi) is 5.22. The van der Waals surface area contributed by atoms with Crippen molar-refractivity contribution in [2.45, 2.75) is 18.2 Å². The Labute approximate surface area is 123 Å². The first-order chi connectivity index (χ1) is 9.10. The summed E-state index contributed by atoms with van der Waals surface area (Å²) in [6.45, 7) is 3.26. The lowest BCUT2D eigenvalue weighted by Crippen LogP contribution is -2.35. The molecule has 19 heavy (non-hydrogen) atoms. The van der Waals surface area contributed by atoms with E-state index in [0.717, 1.165) is 25.2 Å². The fourth-order valence-electron chi connectivity index (χ4n) is 2.67. The van der Waals surface area contributed by atoms with E-state index in [-0.39, 0.29) is 5.82 Å². The molecular weight excluding hydrogens is 307 g/mol. The van der Waals surface area contributed by atoms with Gasteiger partial charge in [0.15, 0.2) is 0 Å². The third-order valence-corrected chi connectivity index (χ3v) is 4.60. The molecule has 2 rings (SSSR count). The number of hydrogen-bond acceptors (Lipinski definition) is 2. The van der Waals surface area contributed by atoms with Crippen LogP contribution in [0.25, 0.3) is 0 Å². The fourth-order valence-corrected chi connectivity index (χ4v) is 3.02. The van der Waals surface area contributed by atoms with Crippen LogP contribution < -0.4 is 4.90 Å². The van der Waals surface area contributed by atoms with Crippen molar-refractivity contribution in [3.05, 3.63) is 29.6 Å². The van der Waals surface area contributed by atoms with Gasteiger partial charge in [-0.05, 0) is 56.6 Å². The van der Waals surface area contributed by atoms with Gasteiger partial charge in [-0.1, -0.05) is 22.0 Å². The van der Waals surface area contributed by atoms with E-state index in [2.05, 4.69) is 32.8 Å². The van der Waals surface area contributed by atoms with Gasteiger partial charge < -0.3 is 9.80 Å². The Morgan fingerprint density at radius 1 is 1.37 bits per heavy atom. The van der Waals surface area contributed by atoms with E-state index < -0.39 is 0 Å². The SMILES string of the molecule is CN1CCC(CN(C)c2ccc(CBr)cc2F)CC1. The van der Waals surface area contributed by atoms with Gasteiger partial charge in [0.25, 0.3) is 0 Å². The standard InChI is InChI=1S/C15H22BrFN2/c1-18-7-5-12(6-8-18)11-19(2)15-4-3-13(10-16)9-14(15)17/h3-4,9,12H,5-8,10-11H2,1-2H3. The number of anilines is 1. The molecule has 0 atom stereocenters. The summed E-state index contributed by atoms with van der Waals surface area (Å²) in [7, 11) is 4.16. The van der Waals surface area contributed by atoms with Gasteiger partial charge in [0.1, 0.15) is 5.82 Å². The van der Waals surface area contributed by atoms with Crippen molar-refractivity contribution >= 4 is 21.6 Å². The van der Waals surface area contributed by atoms with Crippen LogP contribution in [0.2, 0.25) is 0 Å². The first-order valence-corrected chi connectivity index (χ1v) is 7.96. The van der Waals surface area contributed by atoms with Crippen LogP contribution in [0.15, 0.2) is 18.2 Å². The van der Waals surface area contributed by atoms with Crippen molar-refractivity contribution in [1.82, 2.24) is 4.90 Å². The van der Waals surface area contributed by atoms with Gasteiger partial charge in [-0.25, -0.2) is 4.39 Å². The van der Waals surface area contributed by atoms with E-state index in [1.807, 2.05) is 19.2 Å². The molecule has 0 amide bonds. The molecule has 0 aromatic heterocycles. The maximum absolute atomic E-state index is 14.0. The van der Waals surface area contributed by atoms with Gasteiger partial charge in [0.05, 0.1) is 5.69 Å². The molecule has 1 aliphatic rings. The van der Waals surface area contributed by atoms with Gasteiger partial charge in [-0.15, -0.1) is 0 Å². The molecular formula is C15H22BrFN2. The summed E-state index contributed by atoms with van der Waals surface area (Å²) in [5.74, 6) is 0.559. The van der Waals surface area contributed by atoms with Crippen molar-refractivity contribution in [2.75, 3.05) is 38.6 Å². The molecule has 1 aromatic rings. The lowest BCUT2D eigenvalue weighted by molar-refractivity contribution is 0.222. The second-order valence-electron chi connectivity index (χ2n) is 5.55. The summed E-state index contributed by atoms with van der Waals surface area (Å²) in [5, 5.41) is 0.697. The molecule has 4 heteroatoms. The maximum Gasteiger partial charge on any atom is 0.146 e. The lowest BCUT2D eigenvalue weighted by Gasteiger charge is -2.32. The predicted molar refractivity (Wildman–Crippen MR) is 82.5 cm³/mol. The average molecular weight is 329 g/mol. The summed E-state index contributed by atoms with van der Waals surface area (Å²) in [6, 6.07) is 5.49. The highest BCUT2D eigenvalue weighted by Gasteiger charge is 2.19. The first-order valence-electron chi connectivity index (χ1n) is 6.84. The summed E-state index contributed by atoms with van der Waals surface area (Å²) in [4.78, 5) is 4.42. The Morgan fingerprint density at radius 3 is 2.63 bits per heavy atom. The molecule has 0 unspecified atom stereocenters. The summed E-state index contributed by atoms with van der Waals surface area (Å²) < 4.78 is 14.0. The zero-order valence-electron chi connectivity index (χ0n) is 11.7. The number of nitrogens with zero attached hydrogens (tertiary/aromatic N) is 2. The van der Waals surface area contributed by atoms with Crippen LogP contribution >= 0.6 is 15.9 Å². The molecule has 0 N–H and O–H groups in total.